The maximum Gasteiger partial charge on any atom is 0.0701 e. The highest BCUT2D eigenvalue weighted by molar-refractivity contribution is 5.41. The van der Waals surface area contributed by atoms with Crippen molar-refractivity contribution in [1.82, 2.24) is 4.90 Å². The lowest BCUT2D eigenvalue weighted by molar-refractivity contribution is -0.00902. The number of nitrogens with zero attached hydrogens (tertiary/aromatic N) is 1. The third-order valence-electron chi connectivity index (χ3n) is 3.72. The SMILES string of the molecule is NCC#Cc1ccccc1CN1CCC(OCCO)CC1. The van der Waals surface area contributed by atoms with Crippen LogP contribution in [-0.2, 0) is 11.3 Å². The van der Waals surface area contributed by atoms with Crippen LogP contribution in [-0.4, -0.2) is 49.0 Å². The van der Waals surface area contributed by atoms with Crippen LogP contribution < -0.4 is 5.73 Å². The van der Waals surface area contributed by atoms with Gasteiger partial charge in [-0.25, -0.2) is 0 Å². The second-order valence-corrected chi connectivity index (χ2v) is 5.23. The Morgan fingerprint density at radius 2 is 2.05 bits per heavy atom. The zero-order valence-electron chi connectivity index (χ0n) is 12.4. The number of rotatable bonds is 5. The van der Waals surface area contributed by atoms with Gasteiger partial charge in [-0.2, -0.15) is 0 Å². The quantitative estimate of drug-likeness (QED) is 0.793. The van der Waals surface area contributed by atoms with Crippen LogP contribution in [0.4, 0.5) is 0 Å². The molecule has 4 nitrogen and oxygen atoms in total. The van der Waals surface area contributed by atoms with E-state index in [9.17, 15) is 0 Å². The second-order valence-electron chi connectivity index (χ2n) is 5.23. The van der Waals surface area contributed by atoms with Crippen molar-refractivity contribution in [3.63, 3.8) is 0 Å². The molecular weight excluding hydrogens is 264 g/mol. The summed E-state index contributed by atoms with van der Waals surface area (Å²) in [5.74, 6) is 6.07. The number of aliphatic hydroxyl groups is 1. The molecule has 1 aliphatic rings. The summed E-state index contributed by atoms with van der Waals surface area (Å²) in [6.07, 6.45) is 2.34. The molecule has 2 rings (SSSR count). The molecule has 1 aromatic rings. The molecule has 1 fully saturated rings. The van der Waals surface area contributed by atoms with Crippen molar-refractivity contribution >= 4 is 0 Å². The lowest BCUT2D eigenvalue weighted by atomic mass is 10.0. The van der Waals surface area contributed by atoms with Crippen LogP contribution in [0.1, 0.15) is 24.0 Å². The Bertz CT molecular complexity index is 485. The Balaban J connectivity index is 1.89. The lowest BCUT2D eigenvalue weighted by Gasteiger charge is -2.32. The summed E-state index contributed by atoms with van der Waals surface area (Å²) < 4.78 is 5.59. The van der Waals surface area contributed by atoms with Crippen molar-refractivity contribution in [2.45, 2.75) is 25.5 Å². The monoisotopic (exact) mass is 288 g/mol. The van der Waals surface area contributed by atoms with Crippen molar-refractivity contribution in [3.05, 3.63) is 35.4 Å². The molecule has 1 aromatic carbocycles. The van der Waals surface area contributed by atoms with E-state index in [-0.39, 0.29) is 6.61 Å². The van der Waals surface area contributed by atoms with E-state index in [0.29, 0.717) is 19.3 Å². The topological polar surface area (TPSA) is 58.7 Å². The summed E-state index contributed by atoms with van der Waals surface area (Å²) in [6.45, 7) is 3.91. The van der Waals surface area contributed by atoms with Crippen LogP contribution in [0.3, 0.4) is 0 Å². The van der Waals surface area contributed by atoms with Gasteiger partial charge < -0.3 is 15.6 Å². The van der Waals surface area contributed by atoms with Crippen LogP contribution in [0.25, 0.3) is 0 Å². The Morgan fingerprint density at radius 3 is 2.76 bits per heavy atom. The largest absolute Gasteiger partial charge is 0.394 e. The van der Waals surface area contributed by atoms with Gasteiger partial charge in [-0.15, -0.1) is 0 Å². The van der Waals surface area contributed by atoms with Crippen LogP contribution in [0.15, 0.2) is 24.3 Å². The van der Waals surface area contributed by atoms with Gasteiger partial charge in [0, 0.05) is 25.2 Å². The van der Waals surface area contributed by atoms with E-state index in [1.807, 2.05) is 6.07 Å². The predicted molar refractivity (Wildman–Crippen MR) is 83.7 cm³/mol. The van der Waals surface area contributed by atoms with E-state index in [0.717, 1.165) is 38.0 Å². The average Bonchev–Trinajstić information content (AvgIpc) is 2.53. The van der Waals surface area contributed by atoms with Gasteiger partial charge in [0.25, 0.3) is 0 Å². The zero-order chi connectivity index (χ0) is 14.9. The number of hydrogen-bond donors (Lipinski definition) is 2. The molecule has 3 N–H and O–H groups in total. The number of benzene rings is 1. The van der Waals surface area contributed by atoms with E-state index in [1.165, 1.54) is 5.56 Å². The van der Waals surface area contributed by atoms with Crippen LogP contribution in [0, 0.1) is 11.8 Å². The van der Waals surface area contributed by atoms with Gasteiger partial charge in [0.15, 0.2) is 0 Å². The minimum atomic E-state index is 0.105. The molecule has 0 aromatic heterocycles. The lowest BCUT2D eigenvalue weighted by Crippen LogP contribution is -2.37. The van der Waals surface area contributed by atoms with Crippen molar-refractivity contribution in [1.29, 1.82) is 0 Å². The normalized spacial score (nSPS) is 16.5. The number of likely N-dealkylation sites (tertiary alicyclic amines) is 1. The van der Waals surface area contributed by atoms with Gasteiger partial charge >= 0.3 is 0 Å². The van der Waals surface area contributed by atoms with Crippen molar-refractivity contribution in [2.24, 2.45) is 5.73 Å². The summed E-state index contributed by atoms with van der Waals surface area (Å²) in [5.41, 5.74) is 7.78. The third kappa shape index (κ3) is 5.14. The minimum Gasteiger partial charge on any atom is -0.394 e. The summed E-state index contributed by atoms with van der Waals surface area (Å²) in [6, 6.07) is 8.25. The van der Waals surface area contributed by atoms with Gasteiger partial charge in [-0.3, -0.25) is 4.90 Å². The standard InChI is InChI=1S/C17H24N2O2/c18-9-3-6-15-4-1-2-5-16(15)14-19-10-7-17(8-11-19)21-13-12-20/h1-2,4-5,17,20H,7-14,18H2. The first-order valence-corrected chi connectivity index (χ1v) is 7.55. The Kier molecular flexibility index (Phi) is 6.71. The number of ether oxygens (including phenoxy) is 1. The summed E-state index contributed by atoms with van der Waals surface area (Å²) in [4.78, 5) is 2.43. The molecule has 1 saturated heterocycles. The number of hydrogen-bond acceptors (Lipinski definition) is 4. The number of aliphatic hydroxyl groups excluding tert-OH is 1. The maximum absolute atomic E-state index is 8.79. The Hall–Kier alpha value is -1.38. The average molecular weight is 288 g/mol. The number of nitrogens with two attached hydrogens (primary N) is 1. The molecule has 21 heavy (non-hydrogen) atoms. The molecular formula is C17H24N2O2. The van der Waals surface area contributed by atoms with Crippen molar-refractivity contribution < 1.29 is 9.84 Å². The van der Waals surface area contributed by atoms with E-state index < -0.39 is 0 Å². The molecule has 0 atom stereocenters. The molecule has 0 saturated carbocycles. The van der Waals surface area contributed by atoms with Gasteiger partial charge in [0.1, 0.15) is 0 Å². The molecule has 1 heterocycles. The fraction of sp³-hybridized carbons (Fsp3) is 0.529. The summed E-state index contributed by atoms with van der Waals surface area (Å²) in [5, 5.41) is 8.79. The molecule has 4 heteroatoms. The van der Waals surface area contributed by atoms with E-state index >= 15 is 0 Å². The summed E-state index contributed by atoms with van der Waals surface area (Å²) in [7, 11) is 0. The van der Waals surface area contributed by atoms with Crippen LogP contribution in [0.2, 0.25) is 0 Å². The first kappa shape index (κ1) is 16.0. The highest BCUT2D eigenvalue weighted by atomic mass is 16.5. The highest BCUT2D eigenvalue weighted by Crippen LogP contribution is 2.17. The van der Waals surface area contributed by atoms with Crippen molar-refractivity contribution in [2.75, 3.05) is 32.8 Å². The van der Waals surface area contributed by atoms with E-state index in [4.69, 9.17) is 15.6 Å². The van der Waals surface area contributed by atoms with Crippen molar-refractivity contribution in [3.8, 4) is 11.8 Å². The first-order chi connectivity index (χ1) is 10.3. The zero-order valence-corrected chi connectivity index (χ0v) is 12.4. The number of piperidine rings is 1. The molecule has 0 radical (unpaired) electrons. The molecule has 0 spiro atoms. The van der Waals surface area contributed by atoms with Gasteiger partial charge in [-0.05, 0) is 24.5 Å². The predicted octanol–water partition coefficient (Wildman–Crippen LogP) is 0.970. The fourth-order valence-electron chi connectivity index (χ4n) is 2.62. The van der Waals surface area contributed by atoms with Crippen LogP contribution >= 0.6 is 0 Å². The van der Waals surface area contributed by atoms with E-state index in [2.05, 4.69) is 34.9 Å². The molecule has 1 aliphatic heterocycles. The van der Waals surface area contributed by atoms with Gasteiger partial charge in [0.05, 0.1) is 25.9 Å². The molecule has 0 bridgehead atoms. The molecule has 0 amide bonds. The van der Waals surface area contributed by atoms with Gasteiger partial charge in [-0.1, -0.05) is 30.0 Å². The summed E-state index contributed by atoms with van der Waals surface area (Å²) >= 11 is 0. The van der Waals surface area contributed by atoms with E-state index in [1.54, 1.807) is 0 Å². The Labute approximate surface area is 126 Å². The van der Waals surface area contributed by atoms with Crippen LogP contribution in [0.5, 0.6) is 0 Å². The third-order valence-corrected chi connectivity index (χ3v) is 3.72. The smallest absolute Gasteiger partial charge is 0.0701 e. The highest BCUT2D eigenvalue weighted by Gasteiger charge is 2.19. The minimum absolute atomic E-state index is 0.105. The molecule has 0 aliphatic carbocycles. The molecule has 0 unspecified atom stereocenters. The first-order valence-electron chi connectivity index (χ1n) is 7.55. The van der Waals surface area contributed by atoms with Gasteiger partial charge in [0.2, 0.25) is 0 Å². The fourth-order valence-corrected chi connectivity index (χ4v) is 2.62. The Morgan fingerprint density at radius 1 is 1.29 bits per heavy atom. The maximum atomic E-state index is 8.79. The molecule has 114 valence electrons. The second kappa shape index (κ2) is 8.81.